The second-order valence-electron chi connectivity index (χ2n) is 6.64. The number of carbonyl (C=O) groups is 1. The van der Waals surface area contributed by atoms with Crippen LogP contribution in [0.4, 0.5) is 5.69 Å². The van der Waals surface area contributed by atoms with E-state index >= 15 is 0 Å². The van der Waals surface area contributed by atoms with Gasteiger partial charge in [0.05, 0.1) is 6.54 Å². The number of likely N-dealkylation sites (tertiary alicyclic amines) is 1. The third kappa shape index (κ3) is 2.88. The molecule has 2 aliphatic heterocycles. The van der Waals surface area contributed by atoms with Crippen molar-refractivity contribution in [2.24, 2.45) is 0 Å². The quantitative estimate of drug-likeness (QED) is 0.845. The zero-order valence-corrected chi connectivity index (χ0v) is 13.9. The van der Waals surface area contributed by atoms with Gasteiger partial charge in [-0.2, -0.15) is 4.98 Å². The molecule has 0 bridgehead atoms. The normalized spacial score (nSPS) is 20.0. The van der Waals surface area contributed by atoms with Crippen molar-refractivity contribution in [1.82, 2.24) is 15.0 Å². The largest absolute Gasteiger partial charge is 0.361 e. The number of amides is 1. The van der Waals surface area contributed by atoms with Crippen LogP contribution in [0, 0.1) is 6.92 Å². The molecule has 4 rings (SSSR count). The van der Waals surface area contributed by atoms with Crippen LogP contribution >= 0.6 is 0 Å². The van der Waals surface area contributed by atoms with Gasteiger partial charge >= 0.3 is 0 Å². The fourth-order valence-corrected chi connectivity index (χ4v) is 3.80. The molecule has 0 aliphatic carbocycles. The zero-order valence-electron chi connectivity index (χ0n) is 13.9. The Morgan fingerprint density at radius 1 is 1.29 bits per heavy atom. The highest BCUT2D eigenvalue weighted by atomic mass is 16.5. The van der Waals surface area contributed by atoms with Gasteiger partial charge in [0.1, 0.15) is 0 Å². The second kappa shape index (κ2) is 6.26. The van der Waals surface area contributed by atoms with E-state index in [9.17, 15) is 4.79 Å². The summed E-state index contributed by atoms with van der Waals surface area (Å²) in [6.45, 7) is 5.17. The van der Waals surface area contributed by atoms with Gasteiger partial charge < -0.3 is 14.3 Å². The number of anilines is 1. The lowest BCUT2D eigenvalue weighted by molar-refractivity contribution is -0.127. The van der Waals surface area contributed by atoms with Gasteiger partial charge in [-0.05, 0) is 31.4 Å². The minimum Gasteiger partial charge on any atom is -0.361 e. The van der Waals surface area contributed by atoms with Gasteiger partial charge in [0.2, 0.25) is 11.8 Å². The molecule has 0 radical (unpaired) electrons. The smallest absolute Gasteiger partial charge is 0.246 e. The highest BCUT2D eigenvalue weighted by Crippen LogP contribution is 2.38. The Balaban J connectivity index is 1.47. The second-order valence-corrected chi connectivity index (χ2v) is 6.64. The Bertz CT molecular complexity index is 742. The summed E-state index contributed by atoms with van der Waals surface area (Å²) in [5.41, 5.74) is 2.60. The van der Waals surface area contributed by atoms with Gasteiger partial charge in [0.15, 0.2) is 5.82 Å². The van der Waals surface area contributed by atoms with Gasteiger partial charge in [-0.3, -0.25) is 4.79 Å². The van der Waals surface area contributed by atoms with Gasteiger partial charge in [-0.25, -0.2) is 0 Å². The predicted molar refractivity (Wildman–Crippen MR) is 89.7 cm³/mol. The van der Waals surface area contributed by atoms with Crippen molar-refractivity contribution in [3.8, 4) is 0 Å². The SMILES string of the molecule is Cc1noc(CN2C[C@@H](CCN3CCCC3=O)c3ccccc32)n1. The summed E-state index contributed by atoms with van der Waals surface area (Å²) in [5.74, 6) is 2.07. The third-order valence-corrected chi connectivity index (χ3v) is 4.97. The number of aromatic nitrogens is 2. The molecule has 2 aromatic rings. The van der Waals surface area contributed by atoms with Crippen LogP contribution in [-0.2, 0) is 11.3 Å². The lowest BCUT2D eigenvalue weighted by Gasteiger charge is -2.20. The molecule has 24 heavy (non-hydrogen) atoms. The summed E-state index contributed by atoms with van der Waals surface area (Å²) in [4.78, 5) is 20.5. The standard InChI is InChI=1S/C18H22N4O2/c1-13-19-17(24-20-13)12-22-11-14(15-5-2-3-6-16(15)22)8-10-21-9-4-7-18(21)23/h2-3,5-6,14H,4,7-12H2,1H3/t14-/m1/s1. The van der Waals surface area contributed by atoms with Gasteiger partial charge in [0, 0.05) is 37.7 Å². The molecule has 1 amide bonds. The molecule has 2 aliphatic rings. The lowest BCUT2D eigenvalue weighted by atomic mass is 9.98. The molecule has 1 atom stereocenters. The Hall–Kier alpha value is -2.37. The van der Waals surface area contributed by atoms with Crippen LogP contribution in [0.1, 0.15) is 42.5 Å². The van der Waals surface area contributed by atoms with Crippen molar-refractivity contribution in [1.29, 1.82) is 0 Å². The minimum atomic E-state index is 0.305. The molecule has 1 aromatic carbocycles. The van der Waals surface area contributed by atoms with Crippen LogP contribution in [0.25, 0.3) is 0 Å². The molecule has 0 saturated carbocycles. The predicted octanol–water partition coefficient (Wildman–Crippen LogP) is 2.49. The lowest BCUT2D eigenvalue weighted by Crippen LogP contribution is -2.28. The summed E-state index contributed by atoms with van der Waals surface area (Å²) in [6, 6.07) is 8.51. The van der Waals surface area contributed by atoms with Crippen LogP contribution in [0.2, 0.25) is 0 Å². The van der Waals surface area contributed by atoms with Crippen molar-refractivity contribution >= 4 is 11.6 Å². The molecular weight excluding hydrogens is 304 g/mol. The maximum absolute atomic E-state index is 11.8. The molecule has 0 spiro atoms. The maximum Gasteiger partial charge on any atom is 0.246 e. The van der Waals surface area contributed by atoms with E-state index in [2.05, 4.69) is 39.3 Å². The first-order valence-corrected chi connectivity index (χ1v) is 8.61. The molecular formula is C18H22N4O2. The number of hydrogen-bond acceptors (Lipinski definition) is 5. The van der Waals surface area contributed by atoms with Crippen molar-refractivity contribution < 1.29 is 9.32 Å². The molecule has 0 unspecified atom stereocenters. The molecule has 3 heterocycles. The fourth-order valence-electron chi connectivity index (χ4n) is 3.80. The topological polar surface area (TPSA) is 62.5 Å². The number of carbonyl (C=O) groups excluding carboxylic acids is 1. The van der Waals surface area contributed by atoms with Crippen LogP contribution in [0.3, 0.4) is 0 Å². The summed E-state index contributed by atoms with van der Waals surface area (Å²) in [7, 11) is 0. The molecule has 6 heteroatoms. The Labute approximate surface area is 141 Å². The number of para-hydroxylation sites is 1. The molecule has 0 N–H and O–H groups in total. The highest BCUT2D eigenvalue weighted by molar-refractivity contribution is 5.78. The summed E-state index contributed by atoms with van der Waals surface area (Å²) >= 11 is 0. The monoisotopic (exact) mass is 326 g/mol. The Morgan fingerprint density at radius 2 is 2.17 bits per heavy atom. The minimum absolute atomic E-state index is 0.305. The average molecular weight is 326 g/mol. The molecule has 1 fully saturated rings. The number of fused-ring (bicyclic) bond motifs is 1. The summed E-state index contributed by atoms with van der Waals surface area (Å²) in [5, 5.41) is 3.87. The number of benzene rings is 1. The van der Waals surface area contributed by atoms with E-state index in [0.29, 0.717) is 36.5 Å². The maximum atomic E-state index is 11.8. The van der Waals surface area contributed by atoms with Crippen LogP contribution in [-0.4, -0.2) is 40.6 Å². The Kier molecular flexibility index (Phi) is 3.96. The number of rotatable bonds is 5. The fraction of sp³-hybridized carbons (Fsp3) is 0.500. The first-order valence-electron chi connectivity index (χ1n) is 8.61. The zero-order chi connectivity index (χ0) is 16.5. The van der Waals surface area contributed by atoms with Crippen LogP contribution in [0.5, 0.6) is 0 Å². The number of nitrogens with zero attached hydrogens (tertiary/aromatic N) is 4. The summed E-state index contributed by atoms with van der Waals surface area (Å²) in [6.07, 6.45) is 2.72. The average Bonchev–Trinajstić information content (AvgIpc) is 3.27. The molecule has 1 saturated heterocycles. The highest BCUT2D eigenvalue weighted by Gasteiger charge is 2.30. The third-order valence-electron chi connectivity index (χ3n) is 4.97. The van der Waals surface area contributed by atoms with Gasteiger partial charge in [0.25, 0.3) is 0 Å². The summed E-state index contributed by atoms with van der Waals surface area (Å²) < 4.78 is 5.28. The van der Waals surface area contributed by atoms with Crippen molar-refractivity contribution in [2.75, 3.05) is 24.5 Å². The van der Waals surface area contributed by atoms with Gasteiger partial charge in [-0.15, -0.1) is 0 Å². The molecule has 1 aromatic heterocycles. The van der Waals surface area contributed by atoms with E-state index in [4.69, 9.17) is 4.52 Å². The van der Waals surface area contributed by atoms with Crippen molar-refractivity contribution in [3.05, 3.63) is 41.5 Å². The number of hydrogen-bond donors (Lipinski definition) is 0. The van der Waals surface area contributed by atoms with E-state index in [1.54, 1.807) is 0 Å². The van der Waals surface area contributed by atoms with Crippen molar-refractivity contribution in [2.45, 2.75) is 38.6 Å². The van der Waals surface area contributed by atoms with Crippen LogP contribution in [0.15, 0.2) is 28.8 Å². The van der Waals surface area contributed by atoms with Crippen LogP contribution < -0.4 is 4.90 Å². The molecule has 126 valence electrons. The number of aryl methyl sites for hydroxylation is 1. The Morgan fingerprint density at radius 3 is 2.92 bits per heavy atom. The van der Waals surface area contributed by atoms with Crippen molar-refractivity contribution in [3.63, 3.8) is 0 Å². The first kappa shape index (κ1) is 15.2. The first-order chi connectivity index (χ1) is 11.7. The van der Waals surface area contributed by atoms with E-state index in [1.807, 2.05) is 11.8 Å². The van der Waals surface area contributed by atoms with E-state index < -0.39 is 0 Å². The van der Waals surface area contributed by atoms with Gasteiger partial charge in [-0.1, -0.05) is 23.4 Å². The molecule has 6 nitrogen and oxygen atoms in total. The van der Waals surface area contributed by atoms with E-state index in [-0.39, 0.29) is 0 Å². The van der Waals surface area contributed by atoms with E-state index in [0.717, 1.165) is 32.5 Å². The van der Waals surface area contributed by atoms with E-state index in [1.165, 1.54) is 11.3 Å².